The number of anilines is 4. The van der Waals surface area contributed by atoms with Crippen LogP contribution in [0.4, 0.5) is 23.1 Å². The van der Waals surface area contributed by atoms with Crippen molar-refractivity contribution in [2.75, 3.05) is 10.6 Å². The van der Waals surface area contributed by atoms with Crippen LogP contribution in [0.5, 0.6) is 0 Å². The summed E-state index contributed by atoms with van der Waals surface area (Å²) in [6, 6.07) is 12.3. The zero-order chi connectivity index (χ0) is 17.8. The van der Waals surface area contributed by atoms with E-state index in [0.717, 1.165) is 0 Å². The molecule has 3 aromatic rings. The first-order valence-corrected chi connectivity index (χ1v) is 8.07. The molecule has 0 radical (unpaired) electrons. The van der Waals surface area contributed by atoms with Gasteiger partial charge in [-0.3, -0.25) is 4.79 Å². The SMILES string of the molecule is CC(=O)c1cccc(Nc2nncc(Nc3cccc(Cl)c3Cl)n2)c1. The molecule has 6 nitrogen and oxygen atoms in total. The van der Waals surface area contributed by atoms with Crippen LogP contribution < -0.4 is 10.6 Å². The van der Waals surface area contributed by atoms with Crippen molar-refractivity contribution in [3.05, 3.63) is 64.3 Å². The van der Waals surface area contributed by atoms with Crippen molar-refractivity contribution in [3.8, 4) is 0 Å². The Hall–Kier alpha value is -2.70. The van der Waals surface area contributed by atoms with Gasteiger partial charge < -0.3 is 10.6 Å². The van der Waals surface area contributed by atoms with E-state index in [0.29, 0.717) is 32.8 Å². The third-order valence-electron chi connectivity index (χ3n) is 3.30. The molecule has 0 spiro atoms. The lowest BCUT2D eigenvalue weighted by Crippen LogP contribution is -2.03. The summed E-state index contributed by atoms with van der Waals surface area (Å²) in [6.45, 7) is 1.51. The highest BCUT2D eigenvalue weighted by Crippen LogP contribution is 2.31. The van der Waals surface area contributed by atoms with E-state index in [1.807, 2.05) is 6.07 Å². The molecule has 0 amide bonds. The van der Waals surface area contributed by atoms with Crippen LogP contribution in [0, 0.1) is 0 Å². The van der Waals surface area contributed by atoms with Crippen LogP contribution in [0.2, 0.25) is 10.0 Å². The van der Waals surface area contributed by atoms with Crippen molar-refractivity contribution in [2.24, 2.45) is 0 Å². The minimum absolute atomic E-state index is 0.0197. The van der Waals surface area contributed by atoms with E-state index in [4.69, 9.17) is 23.2 Å². The molecule has 0 fully saturated rings. The van der Waals surface area contributed by atoms with Gasteiger partial charge in [-0.05, 0) is 31.2 Å². The molecule has 0 aliphatic carbocycles. The second kappa shape index (κ2) is 7.46. The summed E-state index contributed by atoms with van der Waals surface area (Å²) in [7, 11) is 0. The van der Waals surface area contributed by atoms with Crippen LogP contribution in [0.3, 0.4) is 0 Å². The average Bonchev–Trinajstić information content (AvgIpc) is 2.59. The highest BCUT2D eigenvalue weighted by atomic mass is 35.5. The molecule has 126 valence electrons. The number of Topliss-reactive ketones (excluding diaryl/α,β-unsaturated/α-hetero) is 1. The van der Waals surface area contributed by atoms with Gasteiger partial charge in [0.2, 0.25) is 5.95 Å². The van der Waals surface area contributed by atoms with E-state index in [1.165, 1.54) is 13.1 Å². The molecule has 0 bridgehead atoms. The largest absolute Gasteiger partial charge is 0.338 e. The van der Waals surface area contributed by atoms with Crippen LogP contribution in [0.25, 0.3) is 0 Å². The molecule has 0 saturated carbocycles. The summed E-state index contributed by atoms with van der Waals surface area (Å²) >= 11 is 12.2. The van der Waals surface area contributed by atoms with E-state index < -0.39 is 0 Å². The molecule has 3 rings (SSSR count). The first-order chi connectivity index (χ1) is 12.0. The topological polar surface area (TPSA) is 79.8 Å². The Kier molecular flexibility index (Phi) is 5.11. The molecule has 0 aliphatic heterocycles. The van der Waals surface area contributed by atoms with Crippen molar-refractivity contribution in [2.45, 2.75) is 6.92 Å². The van der Waals surface area contributed by atoms with Crippen LogP contribution in [-0.4, -0.2) is 21.0 Å². The number of ketones is 1. The lowest BCUT2D eigenvalue weighted by molar-refractivity contribution is 0.101. The maximum Gasteiger partial charge on any atom is 0.249 e. The zero-order valence-electron chi connectivity index (χ0n) is 13.1. The number of nitrogens with one attached hydrogen (secondary N) is 2. The molecular formula is C17H13Cl2N5O. The van der Waals surface area contributed by atoms with E-state index >= 15 is 0 Å². The lowest BCUT2D eigenvalue weighted by atomic mass is 10.1. The first-order valence-electron chi connectivity index (χ1n) is 7.32. The number of hydrogen-bond donors (Lipinski definition) is 2. The van der Waals surface area contributed by atoms with Crippen molar-refractivity contribution >= 4 is 52.1 Å². The van der Waals surface area contributed by atoms with Gasteiger partial charge in [-0.15, -0.1) is 5.10 Å². The molecule has 1 aromatic heterocycles. The van der Waals surface area contributed by atoms with E-state index in [2.05, 4.69) is 25.8 Å². The zero-order valence-corrected chi connectivity index (χ0v) is 14.6. The molecule has 1 heterocycles. The second-order valence-corrected chi connectivity index (χ2v) is 5.94. The second-order valence-electron chi connectivity index (χ2n) is 5.15. The molecule has 2 aromatic carbocycles. The first kappa shape index (κ1) is 17.1. The van der Waals surface area contributed by atoms with Crippen molar-refractivity contribution in [1.29, 1.82) is 0 Å². The maximum absolute atomic E-state index is 11.5. The summed E-state index contributed by atoms with van der Waals surface area (Å²) in [5.74, 6) is 0.710. The summed E-state index contributed by atoms with van der Waals surface area (Å²) in [6.07, 6.45) is 1.47. The fraction of sp³-hybridized carbons (Fsp3) is 0.0588. The van der Waals surface area contributed by atoms with Crippen LogP contribution in [-0.2, 0) is 0 Å². The highest BCUT2D eigenvalue weighted by molar-refractivity contribution is 6.43. The van der Waals surface area contributed by atoms with Gasteiger partial charge in [-0.2, -0.15) is 10.1 Å². The van der Waals surface area contributed by atoms with E-state index in [-0.39, 0.29) is 11.7 Å². The predicted molar refractivity (Wildman–Crippen MR) is 99.3 cm³/mol. The Labute approximate surface area is 154 Å². The van der Waals surface area contributed by atoms with Crippen LogP contribution in [0.15, 0.2) is 48.7 Å². The smallest absolute Gasteiger partial charge is 0.249 e. The number of carbonyl (C=O) groups is 1. The number of rotatable bonds is 5. The van der Waals surface area contributed by atoms with Crippen LogP contribution in [0.1, 0.15) is 17.3 Å². The van der Waals surface area contributed by atoms with Gasteiger partial charge in [-0.1, -0.05) is 41.4 Å². The fourth-order valence-electron chi connectivity index (χ4n) is 2.10. The summed E-state index contributed by atoms with van der Waals surface area (Å²) in [5, 5.41) is 14.7. The summed E-state index contributed by atoms with van der Waals surface area (Å²) in [4.78, 5) is 15.8. The van der Waals surface area contributed by atoms with Crippen molar-refractivity contribution in [3.63, 3.8) is 0 Å². The molecular weight excluding hydrogens is 361 g/mol. The third-order valence-corrected chi connectivity index (χ3v) is 4.12. The van der Waals surface area contributed by atoms with Gasteiger partial charge in [0.05, 0.1) is 21.9 Å². The van der Waals surface area contributed by atoms with Gasteiger partial charge in [0.25, 0.3) is 0 Å². The highest BCUT2D eigenvalue weighted by Gasteiger charge is 2.07. The lowest BCUT2D eigenvalue weighted by Gasteiger charge is -2.10. The van der Waals surface area contributed by atoms with Crippen LogP contribution >= 0.6 is 23.2 Å². The van der Waals surface area contributed by atoms with Gasteiger partial charge in [0.15, 0.2) is 11.6 Å². The number of aromatic nitrogens is 3. The number of halogens is 2. The Balaban J connectivity index is 1.81. The quantitative estimate of drug-likeness (QED) is 0.621. The van der Waals surface area contributed by atoms with E-state index in [9.17, 15) is 4.79 Å². The molecule has 8 heteroatoms. The normalized spacial score (nSPS) is 10.4. The predicted octanol–water partition coefficient (Wildman–Crippen LogP) is 4.87. The molecule has 0 unspecified atom stereocenters. The summed E-state index contributed by atoms with van der Waals surface area (Å²) in [5.41, 5.74) is 1.89. The fourth-order valence-corrected chi connectivity index (χ4v) is 2.45. The van der Waals surface area contributed by atoms with Gasteiger partial charge in [0, 0.05) is 11.3 Å². The standard InChI is InChI=1S/C17H13Cl2N5O/c1-10(25)11-4-2-5-12(8-11)21-17-23-15(9-20-24-17)22-14-7-3-6-13(18)16(14)19/h2-9H,1H3,(H2,21,22,23,24). The van der Waals surface area contributed by atoms with Crippen molar-refractivity contribution in [1.82, 2.24) is 15.2 Å². The van der Waals surface area contributed by atoms with Gasteiger partial charge in [0.1, 0.15) is 0 Å². The number of benzene rings is 2. The molecule has 0 saturated heterocycles. The molecule has 0 atom stereocenters. The monoisotopic (exact) mass is 373 g/mol. The molecule has 25 heavy (non-hydrogen) atoms. The minimum Gasteiger partial charge on any atom is -0.338 e. The summed E-state index contributed by atoms with van der Waals surface area (Å²) < 4.78 is 0. The van der Waals surface area contributed by atoms with Crippen molar-refractivity contribution < 1.29 is 4.79 Å². The third kappa shape index (κ3) is 4.23. The molecule has 2 N–H and O–H groups in total. The average molecular weight is 374 g/mol. The minimum atomic E-state index is -0.0197. The van der Waals surface area contributed by atoms with Gasteiger partial charge >= 0.3 is 0 Å². The van der Waals surface area contributed by atoms with Gasteiger partial charge in [-0.25, -0.2) is 0 Å². The van der Waals surface area contributed by atoms with E-state index in [1.54, 1.807) is 36.4 Å². The Morgan fingerprint density at radius 3 is 2.68 bits per heavy atom. The number of nitrogens with zero attached hydrogens (tertiary/aromatic N) is 3. The maximum atomic E-state index is 11.5. The Morgan fingerprint density at radius 2 is 1.88 bits per heavy atom. The molecule has 0 aliphatic rings. The number of carbonyl (C=O) groups excluding carboxylic acids is 1. The Morgan fingerprint density at radius 1 is 1.08 bits per heavy atom. The number of hydrogen-bond acceptors (Lipinski definition) is 6. The Bertz CT molecular complexity index is 932.